The predicted molar refractivity (Wildman–Crippen MR) is 89.6 cm³/mol. The van der Waals surface area contributed by atoms with Gasteiger partial charge in [0.15, 0.2) is 0 Å². The number of nitrogens with zero attached hydrogens (tertiary/aromatic N) is 4. The Morgan fingerprint density at radius 2 is 1.73 bits per heavy atom. The Labute approximate surface area is 135 Å². The van der Waals surface area contributed by atoms with Crippen molar-refractivity contribution >= 4 is 23.0 Å². The van der Waals surface area contributed by atoms with Gasteiger partial charge in [-0.05, 0) is 25.1 Å². The molecule has 0 atom stereocenters. The van der Waals surface area contributed by atoms with E-state index in [0.717, 1.165) is 37.6 Å². The molecule has 5 heteroatoms. The van der Waals surface area contributed by atoms with E-state index in [0.29, 0.717) is 10.7 Å². The van der Waals surface area contributed by atoms with Crippen molar-refractivity contribution in [2.24, 2.45) is 0 Å². The van der Waals surface area contributed by atoms with Crippen molar-refractivity contribution in [1.82, 2.24) is 4.98 Å². The van der Waals surface area contributed by atoms with E-state index in [9.17, 15) is 5.26 Å². The van der Waals surface area contributed by atoms with E-state index in [2.05, 4.69) is 45.1 Å². The number of anilines is 2. The van der Waals surface area contributed by atoms with E-state index in [1.807, 2.05) is 19.1 Å². The summed E-state index contributed by atoms with van der Waals surface area (Å²) in [7, 11) is 0. The summed E-state index contributed by atoms with van der Waals surface area (Å²) in [6.07, 6.45) is 0. The van der Waals surface area contributed by atoms with Gasteiger partial charge in [0.2, 0.25) is 0 Å². The first-order valence-corrected chi connectivity index (χ1v) is 7.69. The topological polar surface area (TPSA) is 43.2 Å². The Kier molecular flexibility index (Phi) is 4.17. The fourth-order valence-corrected chi connectivity index (χ4v) is 3.09. The van der Waals surface area contributed by atoms with Crippen LogP contribution in [0.1, 0.15) is 11.3 Å². The monoisotopic (exact) mass is 312 g/mol. The van der Waals surface area contributed by atoms with E-state index < -0.39 is 0 Å². The summed E-state index contributed by atoms with van der Waals surface area (Å²) in [5.41, 5.74) is 3.45. The maximum Gasteiger partial charge on any atom is 0.149 e. The van der Waals surface area contributed by atoms with Gasteiger partial charge in [-0.2, -0.15) is 5.26 Å². The van der Waals surface area contributed by atoms with Crippen LogP contribution in [0.5, 0.6) is 0 Å². The van der Waals surface area contributed by atoms with E-state index in [4.69, 9.17) is 11.6 Å². The number of rotatable bonds is 2. The average Bonchev–Trinajstić information content (AvgIpc) is 2.55. The summed E-state index contributed by atoms with van der Waals surface area (Å²) in [5, 5.41) is 9.63. The molecule has 112 valence electrons. The van der Waals surface area contributed by atoms with Crippen LogP contribution in [0, 0.1) is 18.3 Å². The lowest BCUT2D eigenvalue weighted by Crippen LogP contribution is -2.46. The van der Waals surface area contributed by atoms with Gasteiger partial charge in [0.05, 0.1) is 5.69 Å². The zero-order valence-electron chi connectivity index (χ0n) is 12.5. The standard InChI is InChI=1S/C17H17ClN4/c1-13-11-16(15(12-19)17(18)20-13)22-9-7-21(8-10-22)14-5-3-2-4-6-14/h2-6,11H,7-10H2,1H3. The van der Waals surface area contributed by atoms with Crippen molar-refractivity contribution < 1.29 is 0 Å². The molecule has 1 fully saturated rings. The zero-order chi connectivity index (χ0) is 15.5. The lowest BCUT2D eigenvalue weighted by molar-refractivity contribution is 0.652. The molecule has 0 unspecified atom stereocenters. The number of pyridine rings is 1. The molecule has 0 N–H and O–H groups in total. The summed E-state index contributed by atoms with van der Waals surface area (Å²) in [6, 6.07) is 14.5. The summed E-state index contributed by atoms with van der Waals surface area (Å²) >= 11 is 6.11. The van der Waals surface area contributed by atoms with Crippen LogP contribution in [0.4, 0.5) is 11.4 Å². The third kappa shape index (κ3) is 2.86. The molecular weight excluding hydrogens is 296 g/mol. The molecule has 2 aromatic rings. The van der Waals surface area contributed by atoms with Crippen molar-refractivity contribution in [3.63, 3.8) is 0 Å². The largest absolute Gasteiger partial charge is 0.368 e. The van der Waals surface area contributed by atoms with Crippen LogP contribution in [0.2, 0.25) is 5.15 Å². The van der Waals surface area contributed by atoms with Gasteiger partial charge in [0.1, 0.15) is 16.8 Å². The molecule has 0 bridgehead atoms. The number of benzene rings is 1. The number of halogens is 1. The Morgan fingerprint density at radius 1 is 1.09 bits per heavy atom. The molecule has 1 aliphatic rings. The Hall–Kier alpha value is -2.25. The SMILES string of the molecule is Cc1cc(N2CCN(c3ccccc3)CC2)c(C#N)c(Cl)n1. The van der Waals surface area contributed by atoms with E-state index in [1.165, 1.54) is 5.69 Å². The van der Waals surface area contributed by atoms with Crippen LogP contribution < -0.4 is 9.80 Å². The molecule has 0 radical (unpaired) electrons. The molecule has 22 heavy (non-hydrogen) atoms. The Balaban J connectivity index is 1.79. The molecule has 1 aromatic heterocycles. The van der Waals surface area contributed by atoms with E-state index in [1.54, 1.807) is 0 Å². The number of hydrogen-bond donors (Lipinski definition) is 0. The van der Waals surface area contributed by atoms with Crippen molar-refractivity contribution in [3.8, 4) is 6.07 Å². The van der Waals surface area contributed by atoms with Gasteiger partial charge in [-0.15, -0.1) is 0 Å². The Bertz CT molecular complexity index is 701. The zero-order valence-corrected chi connectivity index (χ0v) is 13.2. The lowest BCUT2D eigenvalue weighted by Gasteiger charge is -2.37. The minimum Gasteiger partial charge on any atom is -0.368 e. The minimum absolute atomic E-state index is 0.294. The second-order valence-corrected chi connectivity index (χ2v) is 5.73. The van der Waals surface area contributed by atoms with Gasteiger partial charge in [-0.3, -0.25) is 0 Å². The summed E-state index contributed by atoms with van der Waals surface area (Å²) in [4.78, 5) is 8.75. The van der Waals surface area contributed by atoms with Gasteiger partial charge in [0.25, 0.3) is 0 Å². The maximum atomic E-state index is 9.34. The maximum absolute atomic E-state index is 9.34. The third-order valence-electron chi connectivity index (χ3n) is 3.94. The Morgan fingerprint density at radius 3 is 2.36 bits per heavy atom. The molecule has 3 rings (SSSR count). The van der Waals surface area contributed by atoms with Crippen LogP contribution in [-0.4, -0.2) is 31.2 Å². The number of nitriles is 1. The quantitative estimate of drug-likeness (QED) is 0.798. The van der Waals surface area contributed by atoms with Gasteiger partial charge in [0, 0.05) is 37.6 Å². The first kappa shape index (κ1) is 14.7. The highest BCUT2D eigenvalue weighted by atomic mass is 35.5. The molecule has 1 aliphatic heterocycles. The summed E-state index contributed by atoms with van der Waals surface area (Å²) in [5.74, 6) is 0. The molecule has 0 amide bonds. The number of piperazine rings is 1. The first-order valence-electron chi connectivity index (χ1n) is 7.31. The molecule has 1 aromatic carbocycles. The van der Waals surface area contributed by atoms with Crippen LogP contribution in [-0.2, 0) is 0 Å². The minimum atomic E-state index is 0.294. The van der Waals surface area contributed by atoms with Crippen molar-refractivity contribution in [3.05, 3.63) is 52.8 Å². The van der Waals surface area contributed by atoms with Crippen LogP contribution in [0.3, 0.4) is 0 Å². The van der Waals surface area contributed by atoms with Crippen molar-refractivity contribution in [1.29, 1.82) is 5.26 Å². The second kappa shape index (κ2) is 6.25. The van der Waals surface area contributed by atoms with Crippen molar-refractivity contribution in [2.75, 3.05) is 36.0 Å². The highest BCUT2D eigenvalue weighted by Gasteiger charge is 2.21. The fourth-order valence-electron chi connectivity index (χ4n) is 2.82. The van der Waals surface area contributed by atoms with Crippen LogP contribution in [0.15, 0.2) is 36.4 Å². The molecule has 0 aliphatic carbocycles. The number of aromatic nitrogens is 1. The average molecular weight is 313 g/mol. The molecule has 2 heterocycles. The van der Waals surface area contributed by atoms with E-state index >= 15 is 0 Å². The van der Waals surface area contributed by atoms with Gasteiger partial charge in [-0.25, -0.2) is 4.98 Å². The van der Waals surface area contributed by atoms with Crippen LogP contribution >= 0.6 is 11.6 Å². The highest BCUT2D eigenvalue weighted by molar-refractivity contribution is 6.31. The highest BCUT2D eigenvalue weighted by Crippen LogP contribution is 2.28. The number of para-hydroxylation sites is 1. The molecular formula is C17H17ClN4. The van der Waals surface area contributed by atoms with Gasteiger partial charge < -0.3 is 9.80 Å². The summed E-state index contributed by atoms with van der Waals surface area (Å²) < 4.78 is 0. The summed E-state index contributed by atoms with van der Waals surface area (Å²) in [6.45, 7) is 5.48. The number of aryl methyl sites for hydroxylation is 1. The molecule has 4 nitrogen and oxygen atoms in total. The molecule has 0 spiro atoms. The van der Waals surface area contributed by atoms with Crippen LogP contribution in [0.25, 0.3) is 0 Å². The van der Waals surface area contributed by atoms with E-state index in [-0.39, 0.29) is 0 Å². The van der Waals surface area contributed by atoms with Crippen molar-refractivity contribution in [2.45, 2.75) is 6.92 Å². The first-order chi connectivity index (χ1) is 10.7. The normalized spacial score (nSPS) is 14.8. The predicted octanol–water partition coefficient (Wildman–Crippen LogP) is 3.24. The number of hydrogen-bond acceptors (Lipinski definition) is 4. The smallest absolute Gasteiger partial charge is 0.149 e. The third-order valence-corrected chi connectivity index (χ3v) is 4.21. The molecule has 0 saturated carbocycles. The van der Waals surface area contributed by atoms with Gasteiger partial charge >= 0.3 is 0 Å². The fraction of sp³-hybridized carbons (Fsp3) is 0.294. The molecule has 1 saturated heterocycles. The van der Waals surface area contributed by atoms with Gasteiger partial charge in [-0.1, -0.05) is 29.8 Å². The second-order valence-electron chi connectivity index (χ2n) is 5.37. The lowest BCUT2D eigenvalue weighted by atomic mass is 10.1.